The number of carboxylic acids is 1. The molecule has 21 heavy (non-hydrogen) atoms. The number of pyridine rings is 1. The van der Waals surface area contributed by atoms with Crippen LogP contribution in [0.5, 0.6) is 5.88 Å². The Kier molecular flexibility index (Phi) is 4.44. The number of ether oxygens (including phenoxy) is 1. The fourth-order valence-corrected chi connectivity index (χ4v) is 1.51. The third-order valence-electron chi connectivity index (χ3n) is 2.38. The Hall–Kier alpha value is -2.97. The van der Waals surface area contributed by atoms with Crippen molar-refractivity contribution in [1.29, 1.82) is 0 Å². The molecule has 0 aliphatic heterocycles. The second-order valence-electron chi connectivity index (χ2n) is 3.97. The lowest BCUT2D eigenvalue weighted by molar-refractivity contribution is -0.116. The van der Waals surface area contributed by atoms with E-state index < -0.39 is 5.97 Å². The molecule has 1 amide bonds. The molecule has 0 radical (unpaired) electrons. The first kappa shape index (κ1) is 14.4. The van der Waals surface area contributed by atoms with Gasteiger partial charge in [0.05, 0.1) is 24.7 Å². The summed E-state index contributed by atoms with van der Waals surface area (Å²) in [6, 6.07) is 3.29. The highest BCUT2D eigenvalue weighted by Gasteiger charge is 2.11. The molecule has 2 N–H and O–H groups in total. The summed E-state index contributed by atoms with van der Waals surface area (Å²) in [6.45, 7) is 2.21. The van der Waals surface area contributed by atoms with Crippen LogP contribution in [0.4, 0.5) is 5.69 Å². The average molecular weight is 291 g/mol. The van der Waals surface area contributed by atoms with Crippen LogP contribution in [-0.4, -0.2) is 43.6 Å². The monoisotopic (exact) mass is 291 g/mol. The Morgan fingerprint density at radius 3 is 2.81 bits per heavy atom. The third-order valence-corrected chi connectivity index (χ3v) is 2.38. The lowest BCUT2D eigenvalue weighted by Gasteiger charge is -2.06. The number of nitrogens with zero attached hydrogens (tertiary/aromatic N) is 4. The van der Waals surface area contributed by atoms with E-state index in [1.165, 1.54) is 12.4 Å². The first-order valence-corrected chi connectivity index (χ1v) is 6.10. The molecule has 0 bridgehead atoms. The van der Waals surface area contributed by atoms with E-state index in [1.807, 2.05) is 6.92 Å². The Balaban J connectivity index is 1.92. The molecule has 2 aromatic rings. The molecule has 2 heterocycles. The number of carboxylic acid groups (broad SMARTS) is 1. The molecule has 0 atom stereocenters. The summed E-state index contributed by atoms with van der Waals surface area (Å²) in [6.07, 6.45) is 2.64. The van der Waals surface area contributed by atoms with Gasteiger partial charge in [-0.15, -0.1) is 5.10 Å². The van der Waals surface area contributed by atoms with Crippen molar-refractivity contribution in [3.63, 3.8) is 0 Å². The summed E-state index contributed by atoms with van der Waals surface area (Å²) in [5, 5.41) is 18.3. The summed E-state index contributed by atoms with van der Waals surface area (Å²) >= 11 is 0. The zero-order valence-electron chi connectivity index (χ0n) is 11.2. The normalized spacial score (nSPS) is 10.1. The van der Waals surface area contributed by atoms with Gasteiger partial charge in [-0.05, 0) is 13.0 Å². The Labute approximate surface area is 119 Å². The molecule has 0 aliphatic carbocycles. The smallest absolute Gasteiger partial charge is 0.358 e. The Morgan fingerprint density at radius 2 is 2.24 bits per heavy atom. The summed E-state index contributed by atoms with van der Waals surface area (Å²) in [5.41, 5.74) is 0.285. The van der Waals surface area contributed by atoms with Gasteiger partial charge >= 0.3 is 5.97 Å². The highest BCUT2D eigenvalue weighted by atomic mass is 16.5. The van der Waals surface area contributed by atoms with Crippen LogP contribution in [0.1, 0.15) is 17.4 Å². The number of aromatic carboxylic acids is 1. The van der Waals surface area contributed by atoms with Crippen molar-refractivity contribution in [3.8, 4) is 5.88 Å². The number of hydrogen-bond donors (Lipinski definition) is 2. The quantitative estimate of drug-likeness (QED) is 0.790. The molecule has 2 rings (SSSR count). The zero-order valence-corrected chi connectivity index (χ0v) is 11.2. The average Bonchev–Trinajstić information content (AvgIpc) is 2.90. The van der Waals surface area contributed by atoms with Crippen molar-refractivity contribution in [3.05, 3.63) is 30.2 Å². The van der Waals surface area contributed by atoms with Gasteiger partial charge in [-0.3, -0.25) is 4.79 Å². The largest absolute Gasteiger partial charge is 0.478 e. The van der Waals surface area contributed by atoms with E-state index in [0.717, 1.165) is 4.68 Å². The maximum absolute atomic E-state index is 11.8. The molecular formula is C12H13N5O4. The zero-order chi connectivity index (χ0) is 15.2. The molecule has 0 spiro atoms. The van der Waals surface area contributed by atoms with E-state index in [2.05, 4.69) is 20.6 Å². The number of carbonyl (C=O) groups excluding carboxylic acids is 1. The molecule has 0 aromatic carbocycles. The molecule has 0 saturated heterocycles. The fraction of sp³-hybridized carbons (Fsp3) is 0.250. The number of rotatable bonds is 6. The number of aromatic nitrogens is 4. The van der Waals surface area contributed by atoms with Gasteiger partial charge in [-0.1, -0.05) is 5.21 Å². The second kappa shape index (κ2) is 6.46. The van der Waals surface area contributed by atoms with Gasteiger partial charge in [0, 0.05) is 6.07 Å². The number of hydrogen-bond acceptors (Lipinski definition) is 6. The van der Waals surface area contributed by atoms with Crippen LogP contribution < -0.4 is 10.1 Å². The standard InChI is InChI=1S/C12H13N5O4/c1-2-21-11-4-3-8(5-13-11)14-10(18)7-17-6-9(12(19)20)15-16-17/h3-6H,2,7H2,1H3,(H,14,18)(H,19,20). The molecule has 110 valence electrons. The summed E-state index contributed by atoms with van der Waals surface area (Å²) in [7, 11) is 0. The Morgan fingerprint density at radius 1 is 1.43 bits per heavy atom. The van der Waals surface area contributed by atoms with E-state index in [4.69, 9.17) is 9.84 Å². The van der Waals surface area contributed by atoms with Gasteiger partial charge in [0.25, 0.3) is 0 Å². The van der Waals surface area contributed by atoms with Crippen molar-refractivity contribution in [2.45, 2.75) is 13.5 Å². The highest BCUT2D eigenvalue weighted by Crippen LogP contribution is 2.11. The van der Waals surface area contributed by atoms with Gasteiger partial charge in [0.15, 0.2) is 5.69 Å². The first-order valence-electron chi connectivity index (χ1n) is 6.10. The molecule has 0 aliphatic rings. The van der Waals surface area contributed by atoms with E-state index in [9.17, 15) is 9.59 Å². The number of carbonyl (C=O) groups is 2. The number of nitrogens with one attached hydrogen (secondary N) is 1. The minimum absolute atomic E-state index is 0.145. The molecule has 9 heteroatoms. The topological polar surface area (TPSA) is 119 Å². The van der Waals surface area contributed by atoms with E-state index in [-0.39, 0.29) is 18.1 Å². The van der Waals surface area contributed by atoms with Crippen LogP contribution in [0.2, 0.25) is 0 Å². The Bertz CT molecular complexity index is 637. The maximum Gasteiger partial charge on any atom is 0.358 e. The lowest BCUT2D eigenvalue weighted by atomic mass is 10.4. The second-order valence-corrected chi connectivity index (χ2v) is 3.97. The summed E-state index contributed by atoms with van der Waals surface area (Å²) < 4.78 is 6.32. The van der Waals surface area contributed by atoms with Gasteiger partial charge < -0.3 is 15.2 Å². The van der Waals surface area contributed by atoms with Crippen LogP contribution in [-0.2, 0) is 11.3 Å². The molecule has 0 saturated carbocycles. The van der Waals surface area contributed by atoms with Crippen molar-refractivity contribution >= 4 is 17.6 Å². The lowest BCUT2D eigenvalue weighted by Crippen LogP contribution is -2.19. The van der Waals surface area contributed by atoms with Gasteiger partial charge in [0.2, 0.25) is 11.8 Å². The maximum atomic E-state index is 11.8. The highest BCUT2D eigenvalue weighted by molar-refractivity contribution is 5.90. The van der Waals surface area contributed by atoms with Gasteiger partial charge in [0.1, 0.15) is 6.54 Å². The molecule has 9 nitrogen and oxygen atoms in total. The molecule has 0 unspecified atom stereocenters. The van der Waals surface area contributed by atoms with E-state index in [1.54, 1.807) is 12.1 Å². The van der Waals surface area contributed by atoms with Gasteiger partial charge in [-0.2, -0.15) is 0 Å². The first-order chi connectivity index (χ1) is 10.1. The van der Waals surface area contributed by atoms with Crippen LogP contribution in [0.15, 0.2) is 24.5 Å². The van der Waals surface area contributed by atoms with E-state index >= 15 is 0 Å². The predicted octanol–water partition coefficient (Wildman–Crippen LogP) is 0.409. The molecule has 2 aromatic heterocycles. The van der Waals surface area contributed by atoms with Crippen molar-refractivity contribution in [1.82, 2.24) is 20.0 Å². The fourth-order valence-electron chi connectivity index (χ4n) is 1.51. The molecular weight excluding hydrogens is 278 g/mol. The van der Waals surface area contributed by atoms with Crippen LogP contribution in [0.25, 0.3) is 0 Å². The predicted molar refractivity (Wildman–Crippen MR) is 71.0 cm³/mol. The van der Waals surface area contributed by atoms with Crippen molar-refractivity contribution < 1.29 is 19.4 Å². The van der Waals surface area contributed by atoms with Gasteiger partial charge in [-0.25, -0.2) is 14.5 Å². The van der Waals surface area contributed by atoms with Crippen LogP contribution in [0.3, 0.4) is 0 Å². The van der Waals surface area contributed by atoms with E-state index in [0.29, 0.717) is 18.2 Å². The summed E-state index contributed by atoms with van der Waals surface area (Å²) in [4.78, 5) is 26.4. The number of anilines is 1. The molecule has 0 fully saturated rings. The van der Waals surface area contributed by atoms with Crippen LogP contribution in [0, 0.1) is 0 Å². The minimum atomic E-state index is -1.20. The van der Waals surface area contributed by atoms with Crippen LogP contribution >= 0.6 is 0 Å². The summed E-state index contributed by atoms with van der Waals surface area (Å²) in [5.74, 6) is -1.10. The minimum Gasteiger partial charge on any atom is -0.478 e. The third kappa shape index (κ3) is 4.00. The van der Waals surface area contributed by atoms with Crippen molar-refractivity contribution in [2.24, 2.45) is 0 Å². The SMILES string of the molecule is CCOc1ccc(NC(=O)Cn2cc(C(=O)O)nn2)cn1. The number of amides is 1. The van der Waals surface area contributed by atoms with Crippen molar-refractivity contribution in [2.75, 3.05) is 11.9 Å².